The van der Waals surface area contributed by atoms with Crippen LogP contribution in [0.5, 0.6) is 11.6 Å². The first-order valence-corrected chi connectivity index (χ1v) is 13.4. The zero-order valence-corrected chi connectivity index (χ0v) is 21.6. The van der Waals surface area contributed by atoms with E-state index < -0.39 is 15.6 Å². The Labute approximate surface area is 206 Å². The second kappa shape index (κ2) is 9.58. The smallest absolute Gasteiger partial charge is 0.267 e. The highest BCUT2D eigenvalue weighted by atomic mass is 32.2. The minimum Gasteiger partial charge on any atom is -0.439 e. The number of aliphatic hydroxyl groups is 1. The van der Waals surface area contributed by atoms with E-state index in [9.17, 15) is 13.5 Å². The van der Waals surface area contributed by atoms with E-state index in [4.69, 9.17) is 4.74 Å². The summed E-state index contributed by atoms with van der Waals surface area (Å²) in [5, 5.41) is 15.8. The Kier molecular flexibility index (Phi) is 6.88. The molecule has 1 saturated carbocycles. The third-order valence-corrected chi connectivity index (χ3v) is 8.15. The number of ether oxygens (including phenoxy) is 1. The molecular formula is C25H33N5O4S. The second-order valence-electron chi connectivity index (χ2n) is 9.72. The fourth-order valence-electron chi connectivity index (χ4n) is 4.77. The van der Waals surface area contributed by atoms with E-state index in [1.54, 1.807) is 13.1 Å². The number of aryl methyl sites for hydroxylation is 1. The van der Waals surface area contributed by atoms with Crippen molar-refractivity contribution < 1.29 is 18.3 Å². The van der Waals surface area contributed by atoms with Gasteiger partial charge in [0.2, 0.25) is 11.8 Å². The van der Waals surface area contributed by atoms with Crippen LogP contribution in [0.2, 0.25) is 0 Å². The van der Waals surface area contributed by atoms with E-state index >= 15 is 0 Å². The molecule has 10 heteroatoms. The number of benzene rings is 1. The van der Waals surface area contributed by atoms with Crippen molar-refractivity contribution in [3.05, 3.63) is 54.0 Å². The lowest BCUT2D eigenvalue weighted by atomic mass is 9.68. The zero-order chi connectivity index (χ0) is 25.4. The number of nitrogens with zero attached hydrogens (tertiary/aromatic N) is 4. The van der Waals surface area contributed by atoms with E-state index in [1.807, 2.05) is 38.1 Å². The monoisotopic (exact) mass is 499 g/mol. The lowest BCUT2D eigenvalue weighted by Crippen LogP contribution is -2.43. The Hall–Kier alpha value is -2.98. The van der Waals surface area contributed by atoms with Crippen LogP contribution in [0.15, 0.2) is 47.6 Å². The van der Waals surface area contributed by atoms with Gasteiger partial charge in [-0.05, 0) is 42.2 Å². The van der Waals surface area contributed by atoms with Gasteiger partial charge in [0.05, 0.1) is 11.9 Å². The highest BCUT2D eigenvalue weighted by Gasteiger charge is 2.45. The summed E-state index contributed by atoms with van der Waals surface area (Å²) in [6.07, 6.45) is 5.34. The van der Waals surface area contributed by atoms with Gasteiger partial charge in [-0.1, -0.05) is 52.3 Å². The first-order chi connectivity index (χ1) is 16.5. The van der Waals surface area contributed by atoms with E-state index in [-0.39, 0.29) is 34.5 Å². The van der Waals surface area contributed by atoms with Crippen LogP contribution in [-0.4, -0.2) is 33.3 Å². The maximum absolute atomic E-state index is 13.0. The van der Waals surface area contributed by atoms with Crippen molar-refractivity contribution >= 4 is 16.0 Å². The number of aromatic nitrogens is 4. The average Bonchev–Trinajstić information content (AvgIpc) is 3.24. The van der Waals surface area contributed by atoms with Crippen molar-refractivity contribution in [2.45, 2.75) is 63.4 Å². The molecule has 1 aromatic carbocycles. The predicted molar refractivity (Wildman–Crippen MR) is 133 cm³/mol. The second-order valence-corrected chi connectivity index (χ2v) is 11.4. The van der Waals surface area contributed by atoms with E-state index in [0.29, 0.717) is 11.4 Å². The summed E-state index contributed by atoms with van der Waals surface area (Å²) in [5.74, 6) is 0.676. The molecule has 1 aliphatic carbocycles. The van der Waals surface area contributed by atoms with Gasteiger partial charge in [-0.3, -0.25) is 4.68 Å². The van der Waals surface area contributed by atoms with E-state index in [2.05, 4.69) is 33.6 Å². The lowest BCUT2D eigenvalue weighted by molar-refractivity contribution is -0.0926. The fourth-order valence-corrected chi connectivity index (χ4v) is 5.70. The third kappa shape index (κ3) is 5.04. The van der Waals surface area contributed by atoms with Gasteiger partial charge in [-0.2, -0.15) is 10.1 Å². The van der Waals surface area contributed by atoms with Crippen LogP contribution in [0.3, 0.4) is 0 Å². The van der Waals surface area contributed by atoms with Gasteiger partial charge in [0, 0.05) is 19.3 Å². The summed E-state index contributed by atoms with van der Waals surface area (Å²) >= 11 is 0. The molecule has 0 spiro atoms. The summed E-state index contributed by atoms with van der Waals surface area (Å²) in [6.45, 7) is 8.11. The van der Waals surface area contributed by atoms with Crippen LogP contribution < -0.4 is 9.46 Å². The minimum atomic E-state index is -3.99. The number of sulfonamides is 1. The Morgan fingerprint density at radius 3 is 2.49 bits per heavy atom. The van der Waals surface area contributed by atoms with Crippen LogP contribution in [0.1, 0.15) is 64.1 Å². The van der Waals surface area contributed by atoms with E-state index in [0.717, 1.165) is 24.8 Å². The Bertz CT molecular complexity index is 1290. The lowest BCUT2D eigenvalue weighted by Gasteiger charge is -2.42. The molecule has 2 unspecified atom stereocenters. The van der Waals surface area contributed by atoms with Gasteiger partial charge in [0.1, 0.15) is 16.2 Å². The molecule has 0 saturated heterocycles. The van der Waals surface area contributed by atoms with Crippen molar-refractivity contribution in [3.63, 3.8) is 0 Å². The quantitative estimate of drug-likeness (QED) is 0.489. The normalized spacial score (nSPS) is 22.8. The first kappa shape index (κ1) is 25.1. The molecule has 2 aromatic heterocycles. The van der Waals surface area contributed by atoms with Gasteiger partial charge >= 0.3 is 0 Å². The number of rotatable bonds is 7. The molecule has 188 valence electrons. The predicted octanol–water partition coefficient (Wildman–Crippen LogP) is 4.57. The van der Waals surface area contributed by atoms with Gasteiger partial charge in [0.25, 0.3) is 10.0 Å². The minimum absolute atomic E-state index is 0.0141. The average molecular weight is 500 g/mol. The summed E-state index contributed by atoms with van der Waals surface area (Å²) in [7, 11) is -2.36. The van der Waals surface area contributed by atoms with Crippen molar-refractivity contribution in [2.75, 3.05) is 4.72 Å². The number of hydrogen-bond donors (Lipinski definition) is 2. The Balaban J connectivity index is 1.80. The van der Waals surface area contributed by atoms with Crippen LogP contribution in [0.25, 0.3) is 0 Å². The highest BCUT2D eigenvalue weighted by Crippen LogP contribution is 2.45. The van der Waals surface area contributed by atoms with Gasteiger partial charge < -0.3 is 9.84 Å². The molecular weight excluding hydrogens is 466 g/mol. The highest BCUT2D eigenvalue weighted by molar-refractivity contribution is 7.92. The molecule has 4 rings (SSSR count). The Morgan fingerprint density at radius 2 is 1.86 bits per heavy atom. The van der Waals surface area contributed by atoms with Gasteiger partial charge in [0.15, 0.2) is 0 Å². The molecule has 3 aromatic rings. The molecule has 2 atom stereocenters. The molecule has 2 N–H and O–H groups in total. The van der Waals surface area contributed by atoms with Crippen molar-refractivity contribution in [1.82, 2.24) is 19.7 Å². The fraction of sp³-hybridized carbons (Fsp3) is 0.480. The molecule has 1 aliphatic rings. The maximum atomic E-state index is 13.0. The van der Waals surface area contributed by atoms with Crippen LogP contribution in [-0.2, 0) is 22.7 Å². The van der Waals surface area contributed by atoms with E-state index in [1.165, 1.54) is 17.1 Å². The number of para-hydroxylation sites is 1. The van der Waals surface area contributed by atoms with Crippen molar-refractivity contribution in [2.24, 2.45) is 18.9 Å². The Morgan fingerprint density at radius 1 is 1.17 bits per heavy atom. The SMILES string of the molecule is CC(C)c1ccccc1Oc1cc(C2(O)C(C)CCCC2C)nc(NS(=O)(=O)c2cnn(C)c2)n1. The molecule has 0 aliphatic heterocycles. The standard InChI is InChI=1S/C25H33N5O4S/c1-16(2)20-11-6-7-12-21(20)34-23-13-22(25(31)17(3)9-8-10-18(25)4)27-24(28-23)29-35(32,33)19-14-26-30(5)15-19/h6-7,11-18,31H,8-10H2,1-5H3,(H,27,28,29). The van der Waals surface area contributed by atoms with Gasteiger partial charge in [-0.15, -0.1) is 0 Å². The summed E-state index contributed by atoms with van der Waals surface area (Å²) < 4.78 is 36.0. The van der Waals surface area contributed by atoms with Crippen LogP contribution in [0.4, 0.5) is 5.95 Å². The van der Waals surface area contributed by atoms with Crippen LogP contribution >= 0.6 is 0 Å². The van der Waals surface area contributed by atoms with Gasteiger partial charge in [-0.25, -0.2) is 18.1 Å². The molecule has 0 bridgehead atoms. The summed E-state index contributed by atoms with van der Waals surface area (Å²) in [6, 6.07) is 9.25. The number of hydrogen-bond acceptors (Lipinski definition) is 7. The molecule has 2 heterocycles. The molecule has 35 heavy (non-hydrogen) atoms. The topological polar surface area (TPSA) is 119 Å². The largest absolute Gasteiger partial charge is 0.439 e. The van der Waals surface area contributed by atoms with Crippen LogP contribution in [0, 0.1) is 11.8 Å². The summed E-state index contributed by atoms with van der Waals surface area (Å²) in [5.41, 5.74) is 0.0853. The van der Waals surface area contributed by atoms with Crippen molar-refractivity contribution in [3.8, 4) is 11.6 Å². The maximum Gasteiger partial charge on any atom is 0.267 e. The van der Waals surface area contributed by atoms with Crippen molar-refractivity contribution in [1.29, 1.82) is 0 Å². The summed E-state index contributed by atoms with van der Waals surface area (Å²) in [4.78, 5) is 8.83. The molecule has 9 nitrogen and oxygen atoms in total. The zero-order valence-electron chi connectivity index (χ0n) is 20.8. The first-order valence-electron chi connectivity index (χ1n) is 11.9. The molecule has 1 fully saturated rings. The number of nitrogens with one attached hydrogen (secondary N) is 1. The molecule has 0 amide bonds. The third-order valence-electron chi connectivity index (χ3n) is 6.86. The number of anilines is 1. The molecule has 0 radical (unpaired) electrons.